The van der Waals surface area contributed by atoms with Crippen molar-refractivity contribution >= 4 is 21.6 Å². The summed E-state index contributed by atoms with van der Waals surface area (Å²) in [6.07, 6.45) is -0.348. The summed E-state index contributed by atoms with van der Waals surface area (Å²) in [5, 5.41) is 3.05. The van der Waals surface area contributed by atoms with Crippen molar-refractivity contribution in [3.05, 3.63) is 82.9 Å². The van der Waals surface area contributed by atoms with E-state index in [1.807, 2.05) is 52.0 Å². The van der Waals surface area contributed by atoms with Crippen LogP contribution in [0.1, 0.15) is 41.6 Å². The monoisotopic (exact) mass is 508 g/mol. The smallest absolute Gasteiger partial charge is 0.264 e. The molecule has 0 bridgehead atoms. The Bertz CT molecular complexity index is 1370. The van der Waals surface area contributed by atoms with Crippen molar-refractivity contribution in [2.45, 2.75) is 51.2 Å². The zero-order valence-electron chi connectivity index (χ0n) is 21.2. The van der Waals surface area contributed by atoms with Gasteiger partial charge in [-0.25, -0.2) is 8.42 Å². The molecular weight excluding hydrogens is 476 g/mol. The Hall–Kier alpha value is -3.52. The summed E-state index contributed by atoms with van der Waals surface area (Å²) in [7, 11) is -2.29. The zero-order valence-corrected chi connectivity index (χ0v) is 22.1. The Morgan fingerprint density at radius 3 is 2.39 bits per heavy atom. The molecule has 1 aliphatic heterocycles. The van der Waals surface area contributed by atoms with E-state index in [9.17, 15) is 13.2 Å². The molecule has 7 nitrogen and oxygen atoms in total. The lowest BCUT2D eigenvalue weighted by Gasteiger charge is -2.35. The van der Waals surface area contributed by atoms with E-state index < -0.39 is 16.1 Å². The van der Waals surface area contributed by atoms with Gasteiger partial charge < -0.3 is 14.8 Å². The van der Waals surface area contributed by atoms with Gasteiger partial charge in [-0.05, 0) is 74.2 Å². The Balaban J connectivity index is 1.64. The van der Waals surface area contributed by atoms with Gasteiger partial charge in [-0.15, -0.1) is 0 Å². The summed E-state index contributed by atoms with van der Waals surface area (Å²) in [5.41, 5.74) is 4.20. The van der Waals surface area contributed by atoms with Crippen molar-refractivity contribution in [1.29, 1.82) is 0 Å². The molecule has 8 heteroatoms. The molecule has 190 valence electrons. The van der Waals surface area contributed by atoms with Gasteiger partial charge in [0.15, 0.2) is 6.10 Å². The molecule has 0 radical (unpaired) electrons. The third kappa shape index (κ3) is 5.04. The Morgan fingerprint density at radius 1 is 1.06 bits per heavy atom. The number of hydrogen-bond acceptors (Lipinski definition) is 5. The van der Waals surface area contributed by atoms with Gasteiger partial charge in [-0.1, -0.05) is 42.8 Å². The Morgan fingerprint density at radius 2 is 1.75 bits per heavy atom. The number of fused-ring (bicyclic) bond motifs is 1. The van der Waals surface area contributed by atoms with Crippen molar-refractivity contribution in [2.24, 2.45) is 0 Å². The first kappa shape index (κ1) is 25.6. The quantitative estimate of drug-likeness (QED) is 0.494. The number of aryl methyl sites for hydroxylation is 3. The van der Waals surface area contributed by atoms with Crippen LogP contribution in [-0.4, -0.2) is 34.1 Å². The first-order chi connectivity index (χ1) is 17.1. The van der Waals surface area contributed by atoms with Gasteiger partial charge in [0.2, 0.25) is 0 Å². The summed E-state index contributed by atoms with van der Waals surface area (Å²) in [5.74, 6) is 0.765. The molecule has 0 fully saturated rings. The minimum absolute atomic E-state index is 0.128. The number of nitrogens with zero attached hydrogens (tertiary/aromatic N) is 1. The third-order valence-corrected chi connectivity index (χ3v) is 8.23. The van der Waals surface area contributed by atoms with Gasteiger partial charge in [0.05, 0.1) is 30.3 Å². The van der Waals surface area contributed by atoms with Crippen LogP contribution in [0.15, 0.2) is 65.6 Å². The lowest BCUT2D eigenvalue weighted by atomic mass is 10.0. The van der Waals surface area contributed by atoms with E-state index in [0.29, 0.717) is 17.9 Å². The largest absolute Gasteiger partial charge is 0.496 e. The number of ether oxygens (including phenoxy) is 2. The highest BCUT2D eigenvalue weighted by molar-refractivity contribution is 7.92. The molecule has 3 aromatic carbocycles. The highest BCUT2D eigenvalue weighted by Crippen LogP contribution is 2.38. The number of nitrogens with one attached hydrogen (secondary N) is 1. The highest BCUT2D eigenvalue weighted by atomic mass is 32.2. The maximum atomic E-state index is 13.7. The van der Waals surface area contributed by atoms with Crippen LogP contribution in [0.3, 0.4) is 0 Å². The molecule has 0 spiro atoms. The first-order valence-corrected chi connectivity index (χ1v) is 13.4. The summed E-state index contributed by atoms with van der Waals surface area (Å²) in [6.45, 7) is 7.60. The number of sulfonamides is 1. The maximum absolute atomic E-state index is 13.7. The molecule has 2 atom stereocenters. The summed E-state index contributed by atoms with van der Waals surface area (Å²) in [4.78, 5) is 13.6. The molecule has 0 saturated heterocycles. The molecule has 3 aromatic rings. The van der Waals surface area contributed by atoms with Gasteiger partial charge in [0.1, 0.15) is 11.5 Å². The Labute approximate surface area is 213 Å². The van der Waals surface area contributed by atoms with Crippen LogP contribution in [-0.2, 0) is 14.8 Å². The molecule has 0 aromatic heterocycles. The number of anilines is 1. The van der Waals surface area contributed by atoms with E-state index in [1.165, 1.54) is 4.31 Å². The van der Waals surface area contributed by atoms with Crippen molar-refractivity contribution in [1.82, 2.24) is 5.32 Å². The summed E-state index contributed by atoms with van der Waals surface area (Å²) < 4.78 is 40.0. The van der Waals surface area contributed by atoms with E-state index in [1.54, 1.807) is 43.5 Å². The third-order valence-electron chi connectivity index (χ3n) is 6.43. The number of carbonyl (C=O) groups is 1. The molecule has 1 N–H and O–H groups in total. The second kappa shape index (κ2) is 10.2. The molecule has 1 amide bonds. The Kier molecular flexibility index (Phi) is 7.26. The van der Waals surface area contributed by atoms with Crippen molar-refractivity contribution in [3.8, 4) is 11.5 Å². The first-order valence-electron chi connectivity index (χ1n) is 12.0. The maximum Gasteiger partial charge on any atom is 0.264 e. The molecule has 0 saturated carbocycles. The highest BCUT2D eigenvalue weighted by Gasteiger charge is 2.38. The number of rotatable bonds is 7. The van der Waals surface area contributed by atoms with Gasteiger partial charge >= 0.3 is 0 Å². The second-order valence-corrected chi connectivity index (χ2v) is 11.0. The van der Waals surface area contributed by atoms with Crippen molar-refractivity contribution in [3.63, 3.8) is 0 Å². The normalized spacial score (nSPS) is 16.0. The number of methoxy groups -OCH3 is 1. The van der Waals surface area contributed by atoms with Crippen molar-refractivity contribution in [2.75, 3.05) is 18.0 Å². The molecule has 1 aliphatic rings. The average molecular weight is 509 g/mol. The zero-order chi connectivity index (χ0) is 26.0. The van der Waals surface area contributed by atoms with Crippen molar-refractivity contribution < 1.29 is 22.7 Å². The number of amides is 1. The van der Waals surface area contributed by atoms with E-state index in [2.05, 4.69) is 5.32 Å². The van der Waals surface area contributed by atoms with E-state index in [0.717, 1.165) is 28.0 Å². The van der Waals surface area contributed by atoms with Crippen LogP contribution < -0.4 is 19.1 Å². The number of carbonyl (C=O) groups excluding carboxylic acids is 1. The second-order valence-electron chi connectivity index (χ2n) is 9.13. The van der Waals surface area contributed by atoms with Gasteiger partial charge in [-0.3, -0.25) is 9.10 Å². The molecule has 1 heterocycles. The number of hydrogen-bond donors (Lipinski definition) is 1. The summed E-state index contributed by atoms with van der Waals surface area (Å²) >= 11 is 0. The predicted octanol–water partition coefficient (Wildman–Crippen LogP) is 4.84. The fourth-order valence-electron chi connectivity index (χ4n) is 4.37. The SMILES string of the molecule is CC[C@@H](NC(=O)[C@@H]1CN(S(=O)(=O)c2ccc(C)cc2)c2cc(C)ccc2O1)c1ccc(OC)c(C)c1. The lowest BCUT2D eigenvalue weighted by molar-refractivity contribution is -0.128. The van der Waals surface area contributed by atoms with E-state index >= 15 is 0 Å². The molecular formula is C28H32N2O5S. The average Bonchev–Trinajstić information content (AvgIpc) is 2.86. The van der Waals surface area contributed by atoms with Crippen LogP contribution >= 0.6 is 0 Å². The van der Waals surface area contributed by atoms with Gasteiger partial charge in [0, 0.05) is 0 Å². The predicted molar refractivity (Wildman–Crippen MR) is 140 cm³/mol. The van der Waals surface area contributed by atoms with E-state index in [4.69, 9.17) is 9.47 Å². The van der Waals surface area contributed by atoms with Crippen LogP contribution in [0.25, 0.3) is 0 Å². The molecule has 36 heavy (non-hydrogen) atoms. The van der Waals surface area contributed by atoms with Crippen LogP contribution in [0.5, 0.6) is 11.5 Å². The van der Waals surface area contributed by atoms with Crippen LogP contribution in [0.4, 0.5) is 5.69 Å². The molecule has 0 aliphatic carbocycles. The lowest BCUT2D eigenvalue weighted by Crippen LogP contribution is -2.51. The fraction of sp³-hybridized carbons (Fsp3) is 0.321. The fourth-order valence-corrected chi connectivity index (χ4v) is 5.83. The minimum Gasteiger partial charge on any atom is -0.496 e. The molecule has 4 rings (SSSR count). The van der Waals surface area contributed by atoms with E-state index in [-0.39, 0.29) is 23.4 Å². The van der Waals surface area contributed by atoms with Crippen LogP contribution in [0.2, 0.25) is 0 Å². The topological polar surface area (TPSA) is 84.9 Å². The minimum atomic E-state index is -3.92. The molecule has 0 unspecified atom stereocenters. The summed E-state index contributed by atoms with van der Waals surface area (Å²) in [6, 6.07) is 17.6. The van der Waals surface area contributed by atoms with Gasteiger partial charge in [-0.2, -0.15) is 0 Å². The standard InChI is InChI=1S/C28H32N2O5S/c1-6-23(21-10-14-25(34-5)20(4)16-21)29-28(31)27-17-30(24-15-19(3)9-13-26(24)35-27)36(32,33)22-11-7-18(2)8-12-22/h7-16,23,27H,6,17H2,1-5H3,(H,29,31)/t23-,27+/m1/s1. The number of benzene rings is 3. The van der Waals surface area contributed by atoms with Crippen LogP contribution in [0, 0.1) is 20.8 Å². The van der Waals surface area contributed by atoms with Gasteiger partial charge in [0.25, 0.3) is 15.9 Å².